The third-order valence-electron chi connectivity index (χ3n) is 8.22. The summed E-state index contributed by atoms with van der Waals surface area (Å²) in [5.41, 5.74) is 8.02. The van der Waals surface area contributed by atoms with Gasteiger partial charge in [-0.3, -0.25) is 0 Å². The molecule has 0 aromatic heterocycles. The number of nitrogens with zero attached hydrogens (tertiary/aromatic N) is 1. The summed E-state index contributed by atoms with van der Waals surface area (Å²) in [6, 6.07) is 47.2. The van der Waals surface area contributed by atoms with E-state index in [9.17, 15) is 0 Å². The molecule has 3 heteroatoms. The van der Waals surface area contributed by atoms with Gasteiger partial charge in [-0.15, -0.1) is 0 Å². The van der Waals surface area contributed by atoms with Gasteiger partial charge in [0.1, 0.15) is 6.61 Å². The van der Waals surface area contributed by atoms with Crippen LogP contribution in [0.3, 0.4) is 0 Å². The van der Waals surface area contributed by atoms with E-state index in [4.69, 9.17) is 9.73 Å². The van der Waals surface area contributed by atoms with Gasteiger partial charge in [0.2, 0.25) is 5.90 Å². The van der Waals surface area contributed by atoms with E-state index < -0.39 is 7.92 Å². The SMILES string of the molecule is c1ccc(CC2COC(c3cc4ccc3CCc3ccc(cc3P(c3ccccc3)c3ccccc3)CC4)=N2)cc1. The van der Waals surface area contributed by atoms with Gasteiger partial charge >= 0.3 is 0 Å². The highest BCUT2D eigenvalue weighted by molar-refractivity contribution is 7.79. The first-order valence-electron chi connectivity index (χ1n) is 14.7. The van der Waals surface area contributed by atoms with Gasteiger partial charge in [0.25, 0.3) is 0 Å². The van der Waals surface area contributed by atoms with E-state index in [1.165, 1.54) is 49.3 Å². The van der Waals surface area contributed by atoms with Gasteiger partial charge in [-0.05, 0) is 89.8 Å². The maximum atomic E-state index is 6.27. The summed E-state index contributed by atoms with van der Waals surface area (Å²) in [5.74, 6) is 0.824. The Balaban J connectivity index is 1.24. The van der Waals surface area contributed by atoms with Crippen LogP contribution in [0.2, 0.25) is 0 Å². The summed E-state index contributed by atoms with van der Waals surface area (Å²) in [6.07, 6.45) is 4.88. The second kappa shape index (κ2) is 11.9. The van der Waals surface area contributed by atoms with Crippen molar-refractivity contribution in [3.05, 3.63) is 161 Å². The van der Waals surface area contributed by atoms with Crippen molar-refractivity contribution in [3.63, 3.8) is 0 Å². The second-order valence-electron chi connectivity index (χ2n) is 11.0. The first-order chi connectivity index (χ1) is 20.3. The van der Waals surface area contributed by atoms with Crippen LogP contribution < -0.4 is 15.9 Å². The Hall–Kier alpha value is -4.00. The van der Waals surface area contributed by atoms with Crippen molar-refractivity contribution in [1.82, 2.24) is 0 Å². The average molecular weight is 552 g/mol. The molecule has 0 radical (unpaired) electrons. The van der Waals surface area contributed by atoms with Crippen LogP contribution in [0.5, 0.6) is 0 Å². The van der Waals surface area contributed by atoms with Gasteiger partial charge in [0.05, 0.1) is 6.04 Å². The Labute approximate surface area is 244 Å². The molecular weight excluding hydrogens is 517 g/mol. The minimum Gasteiger partial charge on any atom is -0.475 e. The summed E-state index contributed by atoms with van der Waals surface area (Å²) in [5, 5.41) is 4.30. The minimum absolute atomic E-state index is 0.168. The lowest BCUT2D eigenvalue weighted by Gasteiger charge is -2.24. The first kappa shape index (κ1) is 25.9. The monoisotopic (exact) mass is 551 g/mol. The minimum atomic E-state index is -0.651. The number of aryl methyl sites for hydroxylation is 4. The highest BCUT2D eigenvalue weighted by atomic mass is 31.1. The predicted molar refractivity (Wildman–Crippen MR) is 173 cm³/mol. The summed E-state index contributed by atoms with van der Waals surface area (Å²) in [7, 11) is -0.651. The Kier molecular flexibility index (Phi) is 7.50. The van der Waals surface area contributed by atoms with Crippen molar-refractivity contribution in [2.24, 2.45) is 4.99 Å². The van der Waals surface area contributed by atoms with Gasteiger partial charge in [-0.25, -0.2) is 4.99 Å². The molecule has 5 aromatic rings. The van der Waals surface area contributed by atoms with Gasteiger partial charge in [0, 0.05) is 5.56 Å². The van der Waals surface area contributed by atoms with E-state index in [1.54, 1.807) is 0 Å². The Morgan fingerprint density at radius 1 is 0.610 bits per heavy atom. The zero-order valence-corrected chi connectivity index (χ0v) is 24.1. The van der Waals surface area contributed by atoms with E-state index >= 15 is 0 Å². The summed E-state index contributed by atoms with van der Waals surface area (Å²) < 4.78 is 6.27. The second-order valence-corrected chi connectivity index (χ2v) is 13.2. The highest BCUT2D eigenvalue weighted by Crippen LogP contribution is 2.35. The summed E-state index contributed by atoms with van der Waals surface area (Å²) >= 11 is 0. The molecule has 202 valence electrons. The number of hydrogen-bond donors (Lipinski definition) is 0. The van der Waals surface area contributed by atoms with Gasteiger partial charge in [-0.1, -0.05) is 121 Å². The maximum Gasteiger partial charge on any atom is 0.216 e. The van der Waals surface area contributed by atoms with Crippen LogP contribution >= 0.6 is 7.92 Å². The van der Waals surface area contributed by atoms with Gasteiger partial charge < -0.3 is 4.74 Å². The van der Waals surface area contributed by atoms with Crippen LogP contribution in [0.1, 0.15) is 33.4 Å². The van der Waals surface area contributed by atoms with Gasteiger partial charge in [-0.2, -0.15) is 0 Å². The van der Waals surface area contributed by atoms with Crippen molar-refractivity contribution in [3.8, 4) is 0 Å². The molecule has 1 aliphatic heterocycles. The molecule has 4 bridgehead atoms. The molecule has 1 atom stereocenters. The Morgan fingerprint density at radius 2 is 1.20 bits per heavy atom. The van der Waals surface area contributed by atoms with E-state index in [2.05, 4.69) is 127 Å². The van der Waals surface area contributed by atoms with Crippen LogP contribution in [-0.4, -0.2) is 18.5 Å². The molecule has 0 spiro atoms. The molecule has 5 aromatic carbocycles. The van der Waals surface area contributed by atoms with Crippen molar-refractivity contribution >= 4 is 29.7 Å². The Bertz CT molecular complexity index is 1620. The Morgan fingerprint density at radius 3 is 1.88 bits per heavy atom. The molecule has 5 aliphatic rings. The van der Waals surface area contributed by atoms with E-state index in [1.807, 2.05) is 0 Å². The lowest BCUT2D eigenvalue weighted by atomic mass is 9.93. The first-order valence-corrected chi connectivity index (χ1v) is 16.0. The molecule has 0 saturated heterocycles. The smallest absolute Gasteiger partial charge is 0.216 e. The molecular formula is C38H34NOP. The van der Waals surface area contributed by atoms with Crippen LogP contribution in [0.15, 0.2) is 132 Å². The number of aliphatic imine (C=N–C) groups is 1. The van der Waals surface area contributed by atoms with Crippen LogP contribution in [-0.2, 0) is 36.8 Å². The fourth-order valence-electron chi connectivity index (χ4n) is 6.07. The predicted octanol–water partition coefficient (Wildman–Crippen LogP) is 6.72. The van der Waals surface area contributed by atoms with Crippen molar-refractivity contribution in [2.75, 3.05) is 6.61 Å². The third-order valence-corrected chi connectivity index (χ3v) is 10.7. The average Bonchev–Trinajstić information content (AvgIpc) is 3.48. The zero-order chi connectivity index (χ0) is 27.4. The fraction of sp³-hybridized carbons (Fsp3) is 0.184. The molecule has 0 saturated carbocycles. The zero-order valence-electron chi connectivity index (χ0n) is 23.2. The normalized spacial score (nSPS) is 16.2. The highest BCUT2D eigenvalue weighted by Gasteiger charge is 2.24. The lowest BCUT2D eigenvalue weighted by molar-refractivity contribution is 0.316. The largest absolute Gasteiger partial charge is 0.475 e. The van der Waals surface area contributed by atoms with E-state index in [-0.39, 0.29) is 6.04 Å². The molecule has 41 heavy (non-hydrogen) atoms. The summed E-state index contributed by atoms with van der Waals surface area (Å²) in [6.45, 7) is 0.650. The molecule has 0 amide bonds. The van der Waals surface area contributed by atoms with Crippen LogP contribution in [0.4, 0.5) is 0 Å². The molecule has 2 nitrogen and oxygen atoms in total. The fourth-order valence-corrected chi connectivity index (χ4v) is 8.64. The van der Waals surface area contributed by atoms with Gasteiger partial charge in [0.15, 0.2) is 0 Å². The molecule has 10 rings (SSSR count). The maximum absolute atomic E-state index is 6.27. The van der Waals surface area contributed by atoms with Crippen LogP contribution in [0, 0.1) is 0 Å². The van der Waals surface area contributed by atoms with Crippen molar-refractivity contribution < 1.29 is 4.74 Å². The lowest BCUT2D eigenvalue weighted by Crippen LogP contribution is -2.24. The standard InChI is InChI=1S/C38H34NOP/c1-4-10-28(11-5-1)24-33-27-40-38(39-33)36-25-29-16-17-30-19-21-32(23-22-31(36)20-18-29)37(26-30)41(34-12-6-2-7-13-34)35-14-8-3-9-15-35/h1-15,18-21,25-26,33H,16-17,22-24,27H2. The molecule has 1 unspecified atom stereocenters. The molecule has 0 N–H and O–H groups in total. The van der Waals surface area contributed by atoms with Crippen molar-refractivity contribution in [2.45, 2.75) is 38.1 Å². The van der Waals surface area contributed by atoms with Crippen LogP contribution in [0.25, 0.3) is 0 Å². The number of benzene rings is 5. The topological polar surface area (TPSA) is 21.6 Å². The number of hydrogen-bond acceptors (Lipinski definition) is 2. The quantitative estimate of drug-likeness (QED) is 0.215. The summed E-state index contributed by atoms with van der Waals surface area (Å²) in [4.78, 5) is 5.09. The van der Waals surface area contributed by atoms with E-state index in [0.717, 1.165) is 38.0 Å². The molecule has 4 aliphatic carbocycles. The number of ether oxygens (including phenoxy) is 1. The molecule has 1 heterocycles. The van der Waals surface area contributed by atoms with Crippen molar-refractivity contribution in [1.29, 1.82) is 0 Å². The van der Waals surface area contributed by atoms with E-state index in [0.29, 0.717) is 6.61 Å². The third kappa shape index (κ3) is 5.76. The number of rotatable bonds is 6. The molecule has 0 fully saturated rings.